The maximum Gasteiger partial charge on any atom is 0.407 e. The molecule has 1 amide bonds. The van der Waals surface area contributed by atoms with Crippen LogP contribution >= 0.6 is 11.6 Å². The second kappa shape index (κ2) is 11.4. The lowest BCUT2D eigenvalue weighted by molar-refractivity contribution is -0.139. The number of benzene rings is 3. The third-order valence-corrected chi connectivity index (χ3v) is 7.88. The summed E-state index contributed by atoms with van der Waals surface area (Å²) in [6, 6.07) is 20.3. The number of rotatable bonds is 9. The quantitative estimate of drug-likeness (QED) is 0.271. The van der Waals surface area contributed by atoms with Crippen LogP contribution in [0.25, 0.3) is 11.1 Å². The standard InChI is InChI=1S/C31H30ClN3O5/c1-18-29(32)19(2)35(34-18)16-21-14-20(12-13-28(21)39-3)15-27(30(36)37)33-31(38)40-17-26-24-10-6-4-8-22(24)23-9-5-7-11-25(23)26/h4-14,26-27H,15-17H2,1-3H3,(H,33,38)(H,36,37). The average molecular weight is 560 g/mol. The molecule has 5 rings (SSSR count). The van der Waals surface area contributed by atoms with Gasteiger partial charge in [0.05, 0.1) is 30.1 Å². The van der Waals surface area contributed by atoms with E-state index in [4.69, 9.17) is 21.1 Å². The van der Waals surface area contributed by atoms with Gasteiger partial charge in [0.25, 0.3) is 0 Å². The maximum atomic E-state index is 12.8. The predicted molar refractivity (Wildman–Crippen MR) is 152 cm³/mol. The molecule has 1 atom stereocenters. The van der Waals surface area contributed by atoms with Gasteiger partial charge in [-0.2, -0.15) is 5.10 Å². The van der Waals surface area contributed by atoms with Crippen LogP contribution in [0.15, 0.2) is 66.7 Å². The first-order valence-electron chi connectivity index (χ1n) is 13.0. The lowest BCUT2D eigenvalue weighted by Gasteiger charge is -2.18. The number of aryl methyl sites for hydroxylation is 1. The minimum atomic E-state index is -1.18. The summed E-state index contributed by atoms with van der Waals surface area (Å²) in [5.74, 6) is -0.631. The van der Waals surface area contributed by atoms with Crippen molar-refractivity contribution in [1.29, 1.82) is 0 Å². The number of hydrogen-bond acceptors (Lipinski definition) is 5. The molecule has 40 heavy (non-hydrogen) atoms. The van der Waals surface area contributed by atoms with Gasteiger partial charge in [0.15, 0.2) is 0 Å². The van der Waals surface area contributed by atoms with Crippen molar-refractivity contribution >= 4 is 23.7 Å². The molecule has 1 unspecified atom stereocenters. The van der Waals surface area contributed by atoms with Crippen molar-refractivity contribution in [3.8, 4) is 16.9 Å². The molecule has 0 radical (unpaired) electrons. The highest BCUT2D eigenvalue weighted by molar-refractivity contribution is 6.31. The molecule has 0 aliphatic heterocycles. The third-order valence-electron chi connectivity index (χ3n) is 7.33. The zero-order chi connectivity index (χ0) is 28.4. The number of ether oxygens (including phenoxy) is 2. The minimum Gasteiger partial charge on any atom is -0.496 e. The van der Waals surface area contributed by atoms with Crippen molar-refractivity contribution in [1.82, 2.24) is 15.1 Å². The Morgan fingerprint density at radius 3 is 2.27 bits per heavy atom. The van der Waals surface area contributed by atoms with Gasteiger partial charge in [-0.25, -0.2) is 9.59 Å². The third kappa shape index (κ3) is 5.40. The highest BCUT2D eigenvalue weighted by Crippen LogP contribution is 2.44. The summed E-state index contributed by atoms with van der Waals surface area (Å²) >= 11 is 6.31. The van der Waals surface area contributed by atoms with E-state index in [1.54, 1.807) is 23.9 Å². The number of aromatic nitrogens is 2. The number of hydrogen-bond donors (Lipinski definition) is 2. The van der Waals surface area contributed by atoms with Crippen LogP contribution in [0.3, 0.4) is 0 Å². The number of carboxylic acid groups (broad SMARTS) is 1. The number of nitrogens with one attached hydrogen (secondary N) is 1. The van der Waals surface area contributed by atoms with Crippen LogP contribution in [-0.4, -0.2) is 46.7 Å². The molecule has 1 aliphatic rings. The van der Waals surface area contributed by atoms with Crippen LogP contribution in [0.5, 0.6) is 5.75 Å². The minimum absolute atomic E-state index is 0.0639. The molecule has 0 fully saturated rings. The van der Waals surface area contributed by atoms with Gasteiger partial charge in [-0.15, -0.1) is 0 Å². The average Bonchev–Trinajstić information content (AvgIpc) is 3.40. The van der Waals surface area contributed by atoms with E-state index in [1.165, 1.54) is 0 Å². The summed E-state index contributed by atoms with van der Waals surface area (Å²) in [6.45, 7) is 4.22. The number of methoxy groups -OCH3 is 1. The largest absolute Gasteiger partial charge is 0.496 e. The number of fused-ring (bicyclic) bond motifs is 3. The second-order valence-corrected chi connectivity index (χ2v) is 10.2. The van der Waals surface area contributed by atoms with E-state index in [2.05, 4.69) is 22.5 Å². The first kappa shape index (κ1) is 27.3. The highest BCUT2D eigenvalue weighted by atomic mass is 35.5. The number of carbonyl (C=O) groups is 2. The number of amides is 1. The van der Waals surface area contributed by atoms with Gasteiger partial charge in [0, 0.05) is 17.9 Å². The van der Waals surface area contributed by atoms with Crippen molar-refractivity contribution < 1.29 is 24.2 Å². The predicted octanol–water partition coefficient (Wildman–Crippen LogP) is 5.74. The Hall–Kier alpha value is -4.30. The van der Waals surface area contributed by atoms with E-state index < -0.39 is 18.1 Å². The molecule has 9 heteroatoms. The van der Waals surface area contributed by atoms with Gasteiger partial charge in [-0.1, -0.05) is 72.3 Å². The Labute approximate surface area is 237 Å². The molecule has 8 nitrogen and oxygen atoms in total. The van der Waals surface area contributed by atoms with Crippen LogP contribution in [0.1, 0.15) is 39.6 Å². The van der Waals surface area contributed by atoms with E-state index in [0.717, 1.165) is 44.8 Å². The molecule has 3 aromatic carbocycles. The molecule has 1 heterocycles. The Bertz CT molecular complexity index is 1540. The van der Waals surface area contributed by atoms with Crippen molar-refractivity contribution in [3.05, 3.63) is 105 Å². The molecular weight excluding hydrogens is 530 g/mol. The number of carboxylic acids is 1. The van der Waals surface area contributed by atoms with Gasteiger partial charge >= 0.3 is 12.1 Å². The summed E-state index contributed by atoms with van der Waals surface area (Å²) in [6.07, 6.45) is -0.714. The van der Waals surface area contributed by atoms with Crippen LogP contribution in [-0.2, 0) is 22.5 Å². The lowest BCUT2D eigenvalue weighted by Crippen LogP contribution is -2.42. The smallest absolute Gasteiger partial charge is 0.407 e. The summed E-state index contributed by atoms with van der Waals surface area (Å²) < 4.78 is 12.9. The zero-order valence-electron chi connectivity index (χ0n) is 22.5. The van der Waals surface area contributed by atoms with Gasteiger partial charge in [0.2, 0.25) is 0 Å². The van der Waals surface area contributed by atoms with Gasteiger partial charge in [-0.05, 0) is 47.7 Å². The van der Waals surface area contributed by atoms with Crippen LogP contribution in [0, 0.1) is 13.8 Å². The Morgan fingerprint density at radius 1 is 1.05 bits per heavy atom. The first-order chi connectivity index (χ1) is 19.3. The van der Waals surface area contributed by atoms with E-state index in [1.807, 2.05) is 56.3 Å². The fourth-order valence-corrected chi connectivity index (χ4v) is 5.43. The van der Waals surface area contributed by atoms with Crippen LogP contribution in [0.4, 0.5) is 4.79 Å². The molecule has 1 aromatic heterocycles. The van der Waals surface area contributed by atoms with Gasteiger partial charge < -0.3 is 19.9 Å². The summed E-state index contributed by atoms with van der Waals surface area (Å²) in [5, 5.41) is 17.5. The molecule has 0 spiro atoms. The SMILES string of the molecule is COc1ccc(CC(NC(=O)OCC2c3ccccc3-c3ccccc32)C(=O)O)cc1Cn1nc(C)c(Cl)c1C. The molecule has 1 aliphatic carbocycles. The van der Waals surface area contributed by atoms with Crippen molar-refractivity contribution in [3.63, 3.8) is 0 Å². The van der Waals surface area contributed by atoms with Crippen molar-refractivity contribution in [2.75, 3.05) is 13.7 Å². The van der Waals surface area contributed by atoms with E-state index >= 15 is 0 Å². The Kier molecular flexibility index (Phi) is 7.80. The van der Waals surface area contributed by atoms with Crippen LogP contribution in [0.2, 0.25) is 5.02 Å². The molecule has 0 saturated carbocycles. The number of halogens is 1. The second-order valence-electron chi connectivity index (χ2n) is 9.85. The monoisotopic (exact) mass is 559 g/mol. The zero-order valence-corrected chi connectivity index (χ0v) is 23.2. The molecule has 0 bridgehead atoms. The van der Waals surface area contributed by atoms with Crippen molar-refractivity contribution in [2.45, 2.75) is 38.8 Å². The molecular formula is C31H30ClN3O5. The number of alkyl carbamates (subject to hydrolysis) is 1. The number of nitrogens with zero attached hydrogens (tertiary/aromatic N) is 2. The normalized spacial score (nSPS) is 12.9. The molecule has 2 N–H and O–H groups in total. The number of carbonyl (C=O) groups excluding carboxylic acids is 1. The van der Waals surface area contributed by atoms with Crippen molar-refractivity contribution in [2.24, 2.45) is 0 Å². The van der Waals surface area contributed by atoms with Gasteiger partial charge in [-0.3, -0.25) is 4.68 Å². The Morgan fingerprint density at radius 2 is 1.70 bits per heavy atom. The van der Waals surface area contributed by atoms with Gasteiger partial charge in [0.1, 0.15) is 18.4 Å². The fraction of sp³-hybridized carbons (Fsp3) is 0.258. The molecule has 4 aromatic rings. The van der Waals surface area contributed by atoms with E-state index in [9.17, 15) is 14.7 Å². The Balaban J connectivity index is 1.27. The lowest BCUT2D eigenvalue weighted by atomic mass is 9.98. The number of aliphatic carboxylic acids is 1. The fourth-order valence-electron chi connectivity index (χ4n) is 5.29. The molecule has 0 saturated heterocycles. The topological polar surface area (TPSA) is 103 Å². The maximum absolute atomic E-state index is 12.8. The van der Waals surface area contributed by atoms with E-state index in [0.29, 0.717) is 17.3 Å². The summed E-state index contributed by atoms with van der Waals surface area (Å²) in [4.78, 5) is 24.9. The molecule has 206 valence electrons. The summed E-state index contributed by atoms with van der Waals surface area (Å²) in [5.41, 5.74) is 7.49. The summed E-state index contributed by atoms with van der Waals surface area (Å²) in [7, 11) is 1.57. The highest BCUT2D eigenvalue weighted by Gasteiger charge is 2.30. The van der Waals surface area contributed by atoms with E-state index in [-0.39, 0.29) is 18.9 Å². The first-order valence-corrected chi connectivity index (χ1v) is 13.3. The van der Waals surface area contributed by atoms with Crippen LogP contribution < -0.4 is 10.1 Å².